The third-order valence-electron chi connectivity index (χ3n) is 5.97. The minimum Gasteiger partial charge on any atom is -0.377 e. The second kappa shape index (κ2) is 10.1. The zero-order valence-electron chi connectivity index (χ0n) is 20.2. The van der Waals surface area contributed by atoms with Crippen molar-refractivity contribution in [3.8, 4) is 0 Å². The Labute approximate surface area is 192 Å². The molecule has 3 rings (SSSR count). The fourth-order valence-corrected chi connectivity index (χ4v) is 4.24. The standard InChI is InChI=1S/C26H36N4O2/c1-17(2)20-10-9-11-21(18(3)4)24(20)28-26(32)27-19-12-13-23(29(5)6)22(16-19)25(31)30-14-7-8-15-30/h9-13,16-18H,7-8,14-15H2,1-6H3,(H2,27,28,32). The molecule has 1 aliphatic heterocycles. The molecule has 0 atom stereocenters. The first kappa shape index (κ1) is 23.6. The van der Waals surface area contributed by atoms with Crippen molar-refractivity contribution >= 4 is 29.0 Å². The number of nitrogens with zero attached hydrogens (tertiary/aromatic N) is 2. The molecule has 32 heavy (non-hydrogen) atoms. The molecule has 2 aromatic carbocycles. The molecule has 1 fully saturated rings. The molecule has 1 heterocycles. The number of rotatable bonds is 6. The van der Waals surface area contributed by atoms with E-state index in [2.05, 4.69) is 50.5 Å². The van der Waals surface area contributed by atoms with Gasteiger partial charge in [0, 0.05) is 44.2 Å². The van der Waals surface area contributed by atoms with Gasteiger partial charge in [-0.3, -0.25) is 4.79 Å². The van der Waals surface area contributed by atoms with Crippen molar-refractivity contribution in [1.29, 1.82) is 0 Å². The Bertz CT molecular complexity index is 950. The summed E-state index contributed by atoms with van der Waals surface area (Å²) in [4.78, 5) is 29.9. The van der Waals surface area contributed by atoms with Gasteiger partial charge in [0.1, 0.15) is 0 Å². The van der Waals surface area contributed by atoms with E-state index in [1.54, 1.807) is 6.07 Å². The molecule has 0 saturated carbocycles. The molecule has 3 amide bonds. The lowest BCUT2D eigenvalue weighted by Crippen LogP contribution is -2.29. The third kappa shape index (κ3) is 5.23. The van der Waals surface area contributed by atoms with Gasteiger partial charge >= 0.3 is 6.03 Å². The van der Waals surface area contributed by atoms with Crippen LogP contribution in [0, 0.1) is 0 Å². The average molecular weight is 437 g/mol. The molecule has 0 aromatic heterocycles. The Balaban J connectivity index is 1.86. The Kier molecular flexibility index (Phi) is 7.44. The van der Waals surface area contributed by atoms with Crippen molar-refractivity contribution in [2.24, 2.45) is 0 Å². The van der Waals surface area contributed by atoms with Gasteiger partial charge in [0.2, 0.25) is 0 Å². The van der Waals surface area contributed by atoms with E-state index in [-0.39, 0.29) is 23.8 Å². The first-order chi connectivity index (χ1) is 15.2. The fourth-order valence-electron chi connectivity index (χ4n) is 4.24. The number of benzene rings is 2. The van der Waals surface area contributed by atoms with Gasteiger partial charge in [0.05, 0.1) is 5.56 Å². The van der Waals surface area contributed by atoms with Gasteiger partial charge in [0.15, 0.2) is 0 Å². The van der Waals surface area contributed by atoms with Gasteiger partial charge in [-0.25, -0.2) is 4.79 Å². The summed E-state index contributed by atoms with van der Waals surface area (Å²) in [5.74, 6) is 0.587. The molecule has 0 unspecified atom stereocenters. The highest BCUT2D eigenvalue weighted by molar-refractivity contribution is 6.04. The largest absolute Gasteiger partial charge is 0.377 e. The number of anilines is 3. The van der Waals surface area contributed by atoms with E-state index in [0.717, 1.165) is 48.4 Å². The SMILES string of the molecule is CC(C)c1cccc(C(C)C)c1NC(=O)Nc1ccc(N(C)C)c(C(=O)N2CCCC2)c1. The highest BCUT2D eigenvalue weighted by Gasteiger charge is 2.23. The zero-order chi connectivity index (χ0) is 23.4. The van der Waals surface area contributed by atoms with Gasteiger partial charge in [-0.15, -0.1) is 0 Å². The van der Waals surface area contributed by atoms with Crippen LogP contribution >= 0.6 is 0 Å². The summed E-state index contributed by atoms with van der Waals surface area (Å²) in [6.07, 6.45) is 2.08. The van der Waals surface area contributed by atoms with Crippen LogP contribution in [0.5, 0.6) is 0 Å². The minimum absolute atomic E-state index is 0.0162. The molecule has 0 radical (unpaired) electrons. The van der Waals surface area contributed by atoms with Crippen LogP contribution in [0.3, 0.4) is 0 Å². The number of carbonyl (C=O) groups excluding carboxylic acids is 2. The van der Waals surface area contributed by atoms with Crippen LogP contribution in [-0.4, -0.2) is 44.0 Å². The van der Waals surface area contributed by atoms with Gasteiger partial charge < -0.3 is 20.4 Å². The molecule has 1 aliphatic rings. The maximum atomic E-state index is 13.1. The highest BCUT2D eigenvalue weighted by atomic mass is 16.2. The van der Waals surface area contributed by atoms with E-state index in [4.69, 9.17) is 0 Å². The smallest absolute Gasteiger partial charge is 0.323 e. The summed E-state index contributed by atoms with van der Waals surface area (Å²) >= 11 is 0. The van der Waals surface area contributed by atoms with Crippen molar-refractivity contribution in [3.63, 3.8) is 0 Å². The second-order valence-electron chi connectivity index (χ2n) is 9.33. The van der Waals surface area contributed by atoms with Crippen LogP contribution in [0.2, 0.25) is 0 Å². The monoisotopic (exact) mass is 436 g/mol. The Hall–Kier alpha value is -3.02. The van der Waals surface area contributed by atoms with Gasteiger partial charge in [-0.05, 0) is 54.0 Å². The van der Waals surface area contributed by atoms with Crippen molar-refractivity contribution < 1.29 is 9.59 Å². The lowest BCUT2D eigenvalue weighted by Gasteiger charge is -2.23. The first-order valence-corrected chi connectivity index (χ1v) is 11.5. The molecule has 6 heteroatoms. The molecule has 0 aliphatic carbocycles. The van der Waals surface area contributed by atoms with Crippen LogP contribution in [-0.2, 0) is 0 Å². The summed E-state index contributed by atoms with van der Waals surface area (Å²) in [6.45, 7) is 10.1. The molecular formula is C26H36N4O2. The fraction of sp³-hybridized carbons (Fsp3) is 0.462. The third-order valence-corrected chi connectivity index (χ3v) is 5.97. The summed E-state index contributed by atoms with van der Waals surface area (Å²) in [6, 6.07) is 11.4. The van der Waals surface area contributed by atoms with E-state index in [9.17, 15) is 9.59 Å². The summed E-state index contributed by atoms with van der Waals surface area (Å²) in [5.41, 5.74) is 5.15. The van der Waals surface area contributed by atoms with E-state index in [1.165, 1.54) is 0 Å². The quantitative estimate of drug-likeness (QED) is 0.594. The summed E-state index contributed by atoms with van der Waals surface area (Å²) < 4.78 is 0. The molecule has 0 spiro atoms. The van der Waals surface area contributed by atoms with Crippen LogP contribution in [0.4, 0.5) is 21.9 Å². The number of likely N-dealkylation sites (tertiary alicyclic amines) is 1. The van der Waals surface area contributed by atoms with E-state index in [0.29, 0.717) is 11.3 Å². The lowest BCUT2D eigenvalue weighted by molar-refractivity contribution is 0.0793. The number of hydrogen-bond donors (Lipinski definition) is 2. The van der Waals surface area contributed by atoms with E-state index in [1.807, 2.05) is 42.1 Å². The molecule has 2 aromatic rings. The highest BCUT2D eigenvalue weighted by Crippen LogP contribution is 2.33. The maximum Gasteiger partial charge on any atom is 0.323 e. The number of amides is 3. The van der Waals surface area contributed by atoms with Gasteiger partial charge in [-0.1, -0.05) is 45.9 Å². The molecular weight excluding hydrogens is 400 g/mol. The predicted molar refractivity (Wildman–Crippen MR) is 133 cm³/mol. The van der Waals surface area contributed by atoms with Gasteiger partial charge in [0.25, 0.3) is 5.91 Å². The molecule has 6 nitrogen and oxygen atoms in total. The number of para-hydroxylation sites is 1. The molecule has 172 valence electrons. The normalized spacial score (nSPS) is 13.6. The van der Waals surface area contributed by atoms with Crippen molar-refractivity contribution in [2.75, 3.05) is 42.7 Å². The number of carbonyl (C=O) groups is 2. The number of hydrogen-bond acceptors (Lipinski definition) is 3. The lowest BCUT2D eigenvalue weighted by atomic mass is 9.93. The number of nitrogens with one attached hydrogen (secondary N) is 2. The Morgan fingerprint density at radius 3 is 2.03 bits per heavy atom. The molecule has 1 saturated heterocycles. The first-order valence-electron chi connectivity index (χ1n) is 11.5. The summed E-state index contributed by atoms with van der Waals surface area (Å²) in [7, 11) is 3.85. The van der Waals surface area contributed by atoms with Gasteiger partial charge in [-0.2, -0.15) is 0 Å². The van der Waals surface area contributed by atoms with Crippen molar-refractivity contribution in [2.45, 2.75) is 52.4 Å². The number of urea groups is 1. The zero-order valence-corrected chi connectivity index (χ0v) is 20.2. The van der Waals surface area contributed by atoms with Crippen LogP contribution in [0.25, 0.3) is 0 Å². The van der Waals surface area contributed by atoms with E-state index >= 15 is 0 Å². The Morgan fingerprint density at radius 1 is 0.906 bits per heavy atom. The molecule has 2 N–H and O–H groups in total. The Morgan fingerprint density at radius 2 is 1.50 bits per heavy atom. The maximum absolute atomic E-state index is 13.1. The second-order valence-corrected chi connectivity index (χ2v) is 9.33. The predicted octanol–water partition coefficient (Wildman–Crippen LogP) is 5.88. The van der Waals surface area contributed by atoms with Crippen LogP contribution in [0.1, 0.15) is 73.9 Å². The topological polar surface area (TPSA) is 64.7 Å². The summed E-state index contributed by atoms with van der Waals surface area (Å²) in [5, 5.41) is 6.01. The minimum atomic E-state index is -0.308. The van der Waals surface area contributed by atoms with Crippen LogP contribution in [0.15, 0.2) is 36.4 Å². The van der Waals surface area contributed by atoms with Crippen LogP contribution < -0.4 is 15.5 Å². The van der Waals surface area contributed by atoms with Crippen molar-refractivity contribution in [3.05, 3.63) is 53.1 Å². The molecule has 0 bridgehead atoms. The van der Waals surface area contributed by atoms with Crippen molar-refractivity contribution in [1.82, 2.24) is 4.90 Å². The van der Waals surface area contributed by atoms with E-state index < -0.39 is 0 Å². The average Bonchev–Trinajstić information content (AvgIpc) is 3.27.